The Kier molecular flexibility index (Phi) is 11.0. The Bertz CT molecular complexity index is 786. The maximum atomic E-state index is 2.81. The molecule has 4 aliphatic heterocycles. The minimum atomic E-state index is 0.292. The highest BCUT2D eigenvalue weighted by Crippen LogP contribution is 2.36. The van der Waals surface area contributed by atoms with E-state index < -0.39 is 0 Å². The zero-order valence-corrected chi connectivity index (χ0v) is 29.4. The molecule has 0 aromatic heterocycles. The van der Waals surface area contributed by atoms with Crippen molar-refractivity contribution in [3.05, 3.63) is 0 Å². The molecule has 0 saturated carbocycles. The van der Waals surface area contributed by atoms with E-state index in [0.29, 0.717) is 22.0 Å². The van der Waals surface area contributed by atoms with Crippen LogP contribution in [0.1, 0.15) is 114 Å². The van der Waals surface area contributed by atoms with Gasteiger partial charge in [0.15, 0.2) is 0 Å². The lowest BCUT2D eigenvalue weighted by atomic mass is 9.75. The average Bonchev–Trinajstić information content (AvgIpc) is 2.86. The molecule has 41 heavy (non-hydrogen) atoms. The molecular formula is C36H71N5. The van der Waals surface area contributed by atoms with E-state index in [9.17, 15) is 0 Å². The van der Waals surface area contributed by atoms with Crippen molar-refractivity contribution in [2.45, 2.75) is 131 Å². The van der Waals surface area contributed by atoms with Crippen molar-refractivity contribution in [2.24, 2.45) is 23.2 Å². The summed E-state index contributed by atoms with van der Waals surface area (Å²) in [5.41, 5.74) is 1.41. The number of likely N-dealkylation sites (tertiary alicyclic amines) is 3. The van der Waals surface area contributed by atoms with Crippen molar-refractivity contribution in [1.29, 1.82) is 0 Å². The van der Waals surface area contributed by atoms with E-state index in [4.69, 9.17) is 0 Å². The van der Waals surface area contributed by atoms with Crippen LogP contribution in [-0.2, 0) is 0 Å². The van der Waals surface area contributed by atoms with Gasteiger partial charge in [-0.1, -0.05) is 20.8 Å². The highest BCUT2D eigenvalue weighted by Gasteiger charge is 2.40. The Morgan fingerprint density at radius 2 is 1.10 bits per heavy atom. The van der Waals surface area contributed by atoms with Crippen LogP contribution in [0.25, 0.3) is 0 Å². The Balaban J connectivity index is 1.11. The second-order valence-electron chi connectivity index (χ2n) is 18.1. The van der Waals surface area contributed by atoms with Crippen LogP contribution >= 0.6 is 0 Å². The fourth-order valence-corrected chi connectivity index (χ4v) is 8.29. The maximum absolute atomic E-state index is 2.81. The summed E-state index contributed by atoms with van der Waals surface area (Å²) >= 11 is 0. The van der Waals surface area contributed by atoms with Crippen molar-refractivity contribution in [2.75, 3.05) is 78.5 Å². The minimum Gasteiger partial charge on any atom is -0.303 e. The summed E-state index contributed by atoms with van der Waals surface area (Å²) in [7, 11) is 0. The summed E-state index contributed by atoms with van der Waals surface area (Å²) in [5.74, 6) is 2.67. The van der Waals surface area contributed by atoms with Crippen molar-refractivity contribution >= 4 is 0 Å². The lowest BCUT2D eigenvalue weighted by molar-refractivity contribution is -0.0233. The molecule has 0 aromatic rings. The van der Waals surface area contributed by atoms with Crippen LogP contribution in [0.2, 0.25) is 0 Å². The molecular weight excluding hydrogens is 502 g/mol. The molecule has 240 valence electrons. The monoisotopic (exact) mass is 574 g/mol. The van der Waals surface area contributed by atoms with E-state index in [1.54, 1.807) is 0 Å². The van der Waals surface area contributed by atoms with E-state index in [-0.39, 0.29) is 0 Å². The summed E-state index contributed by atoms with van der Waals surface area (Å²) in [5, 5.41) is 0. The van der Waals surface area contributed by atoms with E-state index in [2.05, 4.69) is 93.7 Å². The lowest BCUT2D eigenvalue weighted by Crippen LogP contribution is -2.59. The molecule has 0 radical (unpaired) electrons. The number of rotatable bonds is 10. The molecule has 0 aliphatic carbocycles. The standard InChI is InChI=1S/C36H71N5/c1-33(2,3)32-14-20-37(21-15-32)19-13-31-28-41(29-31)36(9,10)17-16-35(7,8)39-24-22-38(23-25-39)26-30-12-11-18-40(27-30)34(4,5)6/h30-32H,11-29H2,1-10H3/t30-/m0/s1. The first kappa shape index (κ1) is 33.7. The zero-order valence-electron chi connectivity index (χ0n) is 29.4. The third kappa shape index (κ3) is 9.40. The zero-order chi connectivity index (χ0) is 30.1. The van der Waals surface area contributed by atoms with Crippen molar-refractivity contribution < 1.29 is 0 Å². The fourth-order valence-electron chi connectivity index (χ4n) is 8.29. The molecule has 4 saturated heterocycles. The van der Waals surface area contributed by atoms with Crippen LogP contribution in [-0.4, -0.2) is 120 Å². The van der Waals surface area contributed by atoms with Crippen molar-refractivity contribution in [1.82, 2.24) is 24.5 Å². The highest BCUT2D eigenvalue weighted by molar-refractivity contribution is 4.95. The van der Waals surface area contributed by atoms with Gasteiger partial charge in [-0.2, -0.15) is 0 Å². The Morgan fingerprint density at radius 1 is 0.537 bits per heavy atom. The predicted octanol–water partition coefficient (Wildman–Crippen LogP) is 6.53. The van der Waals surface area contributed by atoms with E-state index in [0.717, 1.165) is 17.8 Å². The minimum absolute atomic E-state index is 0.292. The van der Waals surface area contributed by atoms with Gasteiger partial charge in [-0.25, -0.2) is 0 Å². The van der Waals surface area contributed by atoms with Crippen LogP contribution in [0.5, 0.6) is 0 Å². The van der Waals surface area contributed by atoms with Gasteiger partial charge >= 0.3 is 0 Å². The molecule has 1 atom stereocenters. The fraction of sp³-hybridized carbons (Fsp3) is 1.00. The summed E-state index contributed by atoms with van der Waals surface area (Å²) in [6.07, 6.45) is 9.59. The Morgan fingerprint density at radius 3 is 1.66 bits per heavy atom. The second kappa shape index (κ2) is 13.4. The highest BCUT2D eigenvalue weighted by atomic mass is 15.3. The number of piperidine rings is 2. The average molecular weight is 574 g/mol. The summed E-state index contributed by atoms with van der Waals surface area (Å²) < 4.78 is 0. The third-order valence-electron chi connectivity index (χ3n) is 12.0. The van der Waals surface area contributed by atoms with Gasteiger partial charge in [0.25, 0.3) is 0 Å². The summed E-state index contributed by atoms with van der Waals surface area (Å²) in [4.78, 5) is 13.9. The van der Waals surface area contributed by atoms with Crippen LogP contribution in [0.15, 0.2) is 0 Å². The second-order valence-corrected chi connectivity index (χ2v) is 18.1. The van der Waals surface area contributed by atoms with Gasteiger partial charge in [-0.3, -0.25) is 14.7 Å². The molecule has 0 bridgehead atoms. The molecule has 0 spiro atoms. The molecule has 5 heteroatoms. The van der Waals surface area contributed by atoms with Gasteiger partial charge in [0, 0.05) is 69.0 Å². The molecule has 0 aromatic carbocycles. The number of hydrogen-bond acceptors (Lipinski definition) is 5. The number of hydrogen-bond donors (Lipinski definition) is 0. The largest absolute Gasteiger partial charge is 0.303 e. The molecule has 4 aliphatic rings. The van der Waals surface area contributed by atoms with Crippen LogP contribution in [0, 0.1) is 23.2 Å². The van der Waals surface area contributed by atoms with Crippen molar-refractivity contribution in [3.63, 3.8) is 0 Å². The third-order valence-corrected chi connectivity index (χ3v) is 12.0. The van der Waals surface area contributed by atoms with Crippen LogP contribution in [0.4, 0.5) is 0 Å². The van der Waals surface area contributed by atoms with Crippen LogP contribution in [0.3, 0.4) is 0 Å². The molecule has 5 nitrogen and oxygen atoms in total. The molecule has 0 amide bonds. The smallest absolute Gasteiger partial charge is 0.0155 e. The molecule has 0 unspecified atom stereocenters. The van der Waals surface area contributed by atoms with Gasteiger partial charge in [0.05, 0.1) is 0 Å². The molecule has 0 N–H and O–H groups in total. The quantitative estimate of drug-likeness (QED) is 0.294. The summed E-state index contributed by atoms with van der Waals surface area (Å²) in [6, 6.07) is 0. The first-order valence-electron chi connectivity index (χ1n) is 17.7. The van der Waals surface area contributed by atoms with Gasteiger partial charge in [-0.05, 0) is 143 Å². The first-order valence-corrected chi connectivity index (χ1v) is 17.7. The Labute approximate surface area is 256 Å². The van der Waals surface area contributed by atoms with Gasteiger partial charge < -0.3 is 9.80 Å². The lowest BCUT2D eigenvalue weighted by Gasteiger charge is -2.52. The van der Waals surface area contributed by atoms with Gasteiger partial charge in [0.1, 0.15) is 0 Å². The van der Waals surface area contributed by atoms with E-state index >= 15 is 0 Å². The topological polar surface area (TPSA) is 16.2 Å². The van der Waals surface area contributed by atoms with E-state index in [1.807, 2.05) is 0 Å². The van der Waals surface area contributed by atoms with Gasteiger partial charge in [0.2, 0.25) is 0 Å². The first-order chi connectivity index (χ1) is 19.0. The number of piperazine rings is 1. The summed E-state index contributed by atoms with van der Waals surface area (Å²) in [6.45, 7) is 40.0. The maximum Gasteiger partial charge on any atom is 0.0155 e. The van der Waals surface area contributed by atoms with Crippen LogP contribution < -0.4 is 0 Å². The predicted molar refractivity (Wildman–Crippen MR) is 178 cm³/mol. The SMILES string of the molecule is CC(C)(C)C1CCN(CCC2CN(C(C)(C)CCC(C)(C)N3CCN(C[C@@H]4CCCN(C(C)(C)C)C4)CC3)C2)CC1. The van der Waals surface area contributed by atoms with Gasteiger partial charge in [-0.15, -0.1) is 0 Å². The normalized spacial score (nSPS) is 26.9. The number of nitrogens with zero attached hydrogens (tertiary/aromatic N) is 5. The van der Waals surface area contributed by atoms with E-state index in [1.165, 1.54) is 123 Å². The van der Waals surface area contributed by atoms with Crippen molar-refractivity contribution in [3.8, 4) is 0 Å². The Hall–Kier alpha value is -0.200. The molecule has 4 fully saturated rings. The molecule has 4 heterocycles. The molecule has 4 rings (SSSR count).